The lowest BCUT2D eigenvalue weighted by Gasteiger charge is -2.41. The standard InChI is InChI=1S/C38H46Cl2N6O3/c1-7-49-32-22-28(37(4,5)24-41)12-17-31(32)38(36(48)46-20-18-45(19-21-46)23-33(47)44(6)25(2)3)42-34(26-8-13-29(39)14-9-26)35(43-38)27-10-15-30(40)16-11-27/h8-17,22,25,34-35,42-43H,7,18-21,23H2,1-6H3/t34-,35+,38?. The van der Waals surface area contributed by atoms with Crippen LogP contribution in [-0.2, 0) is 20.7 Å². The van der Waals surface area contributed by atoms with Crippen LogP contribution in [0.5, 0.6) is 5.75 Å². The molecule has 9 nitrogen and oxygen atoms in total. The molecule has 2 N–H and O–H groups in total. The molecule has 11 heteroatoms. The van der Waals surface area contributed by atoms with Crippen LogP contribution in [0.4, 0.5) is 0 Å². The third kappa shape index (κ3) is 7.74. The average molecular weight is 706 g/mol. The molecule has 2 fully saturated rings. The predicted molar refractivity (Wildman–Crippen MR) is 194 cm³/mol. The molecule has 2 saturated heterocycles. The van der Waals surface area contributed by atoms with Crippen molar-refractivity contribution in [1.29, 1.82) is 5.26 Å². The Morgan fingerprint density at radius 3 is 1.96 bits per heavy atom. The number of ether oxygens (including phenoxy) is 1. The van der Waals surface area contributed by atoms with Gasteiger partial charge < -0.3 is 14.5 Å². The van der Waals surface area contributed by atoms with E-state index in [2.05, 4.69) is 21.6 Å². The summed E-state index contributed by atoms with van der Waals surface area (Å²) in [6.45, 7) is 12.3. The van der Waals surface area contributed by atoms with Crippen LogP contribution in [-0.4, -0.2) is 78.9 Å². The average Bonchev–Trinajstić information content (AvgIpc) is 3.50. The van der Waals surface area contributed by atoms with Gasteiger partial charge in [0.2, 0.25) is 5.91 Å². The van der Waals surface area contributed by atoms with Crippen LogP contribution in [0.25, 0.3) is 0 Å². The van der Waals surface area contributed by atoms with Gasteiger partial charge >= 0.3 is 0 Å². The van der Waals surface area contributed by atoms with E-state index in [1.165, 1.54) is 0 Å². The first-order valence-electron chi connectivity index (χ1n) is 16.8. The summed E-state index contributed by atoms with van der Waals surface area (Å²) in [6, 6.07) is 22.7. The first-order chi connectivity index (χ1) is 23.3. The summed E-state index contributed by atoms with van der Waals surface area (Å²) in [5.41, 5.74) is 1.13. The third-order valence-corrected chi connectivity index (χ3v) is 10.2. The summed E-state index contributed by atoms with van der Waals surface area (Å²) in [6.07, 6.45) is 0. The van der Waals surface area contributed by atoms with Gasteiger partial charge in [-0.15, -0.1) is 0 Å². The first-order valence-corrected chi connectivity index (χ1v) is 17.6. The zero-order valence-electron chi connectivity index (χ0n) is 29.1. The lowest BCUT2D eigenvalue weighted by atomic mass is 9.84. The van der Waals surface area contributed by atoms with Gasteiger partial charge in [0, 0.05) is 54.9 Å². The number of amides is 2. The van der Waals surface area contributed by atoms with Crippen LogP contribution in [0.15, 0.2) is 66.7 Å². The molecule has 5 rings (SSSR count). The summed E-state index contributed by atoms with van der Waals surface area (Å²) < 4.78 is 6.26. The van der Waals surface area contributed by atoms with Gasteiger partial charge in [0.15, 0.2) is 5.66 Å². The number of carbonyl (C=O) groups is 2. The maximum atomic E-state index is 15.2. The number of carbonyl (C=O) groups excluding carboxylic acids is 2. The Morgan fingerprint density at radius 1 is 0.959 bits per heavy atom. The molecule has 3 atom stereocenters. The van der Waals surface area contributed by atoms with Crippen LogP contribution in [0.3, 0.4) is 0 Å². The van der Waals surface area contributed by atoms with Gasteiger partial charge in [0.1, 0.15) is 5.75 Å². The Kier molecular flexibility index (Phi) is 11.3. The Morgan fingerprint density at radius 2 is 1.49 bits per heavy atom. The van der Waals surface area contributed by atoms with Crippen molar-refractivity contribution >= 4 is 35.0 Å². The fourth-order valence-electron chi connectivity index (χ4n) is 6.46. The number of nitrogens with zero attached hydrogens (tertiary/aromatic N) is 4. The van der Waals surface area contributed by atoms with Gasteiger partial charge in [-0.05, 0) is 81.6 Å². The fraction of sp³-hybridized carbons (Fsp3) is 0.447. The second-order valence-electron chi connectivity index (χ2n) is 13.6. The van der Waals surface area contributed by atoms with Gasteiger partial charge in [0.25, 0.3) is 5.91 Å². The van der Waals surface area contributed by atoms with E-state index in [-0.39, 0.29) is 29.9 Å². The van der Waals surface area contributed by atoms with E-state index in [1.807, 2.05) is 113 Å². The summed E-state index contributed by atoms with van der Waals surface area (Å²) in [5, 5.41) is 18.7. The number of hydrogen-bond acceptors (Lipinski definition) is 7. The minimum absolute atomic E-state index is 0.0590. The quantitative estimate of drug-likeness (QED) is 0.266. The highest BCUT2D eigenvalue weighted by Gasteiger charge is 2.54. The van der Waals surface area contributed by atoms with Crippen molar-refractivity contribution in [2.75, 3.05) is 46.4 Å². The van der Waals surface area contributed by atoms with E-state index in [1.54, 1.807) is 4.90 Å². The highest BCUT2D eigenvalue weighted by Crippen LogP contribution is 2.45. The smallest absolute Gasteiger partial charge is 0.262 e. The van der Waals surface area contributed by atoms with Gasteiger partial charge in [0.05, 0.1) is 36.7 Å². The fourth-order valence-corrected chi connectivity index (χ4v) is 6.71. The molecule has 2 amide bonds. The number of nitrogens with one attached hydrogen (secondary N) is 2. The maximum absolute atomic E-state index is 15.2. The maximum Gasteiger partial charge on any atom is 0.262 e. The number of piperazine rings is 1. The summed E-state index contributed by atoms with van der Waals surface area (Å²) in [7, 11) is 1.82. The molecule has 0 bridgehead atoms. The molecule has 260 valence electrons. The predicted octanol–water partition coefficient (Wildman–Crippen LogP) is 6.03. The molecule has 2 heterocycles. The van der Waals surface area contributed by atoms with Crippen molar-refractivity contribution in [2.24, 2.45) is 0 Å². The monoisotopic (exact) mass is 704 g/mol. The number of nitriles is 1. The Hall–Kier alpha value is -3.65. The van der Waals surface area contributed by atoms with Crippen molar-refractivity contribution in [2.45, 2.75) is 63.8 Å². The molecule has 49 heavy (non-hydrogen) atoms. The van der Waals surface area contributed by atoms with Crippen LogP contribution >= 0.6 is 23.2 Å². The minimum Gasteiger partial charge on any atom is -0.493 e. The molecule has 3 aromatic rings. The van der Waals surface area contributed by atoms with Crippen LogP contribution in [0.1, 0.15) is 69.0 Å². The minimum atomic E-state index is -1.41. The normalized spacial score (nSPS) is 21.4. The summed E-state index contributed by atoms with van der Waals surface area (Å²) in [4.78, 5) is 33.7. The van der Waals surface area contributed by atoms with E-state index >= 15 is 4.79 Å². The van der Waals surface area contributed by atoms with E-state index in [0.717, 1.165) is 16.7 Å². The van der Waals surface area contributed by atoms with E-state index in [4.69, 9.17) is 27.9 Å². The Labute approximate surface area is 300 Å². The molecular weight excluding hydrogens is 659 g/mol. The molecule has 0 spiro atoms. The summed E-state index contributed by atoms with van der Waals surface area (Å²) in [5.74, 6) is 0.425. The number of hydrogen-bond donors (Lipinski definition) is 2. The van der Waals surface area contributed by atoms with Crippen LogP contribution < -0.4 is 15.4 Å². The zero-order chi connectivity index (χ0) is 35.5. The largest absolute Gasteiger partial charge is 0.493 e. The van der Waals surface area contributed by atoms with Crippen LogP contribution in [0, 0.1) is 11.3 Å². The lowest BCUT2D eigenvalue weighted by molar-refractivity contribution is -0.142. The second-order valence-corrected chi connectivity index (χ2v) is 14.5. The topological polar surface area (TPSA) is 101 Å². The molecule has 3 aromatic carbocycles. The van der Waals surface area contributed by atoms with Gasteiger partial charge in [-0.2, -0.15) is 5.26 Å². The molecule has 0 saturated carbocycles. The number of halogens is 2. The highest BCUT2D eigenvalue weighted by molar-refractivity contribution is 6.30. The molecule has 0 aliphatic carbocycles. The molecule has 0 aromatic heterocycles. The van der Waals surface area contributed by atoms with E-state index in [0.29, 0.717) is 60.7 Å². The number of likely N-dealkylation sites (N-methyl/N-ethyl adjacent to an activating group) is 1. The van der Waals surface area contributed by atoms with Crippen molar-refractivity contribution in [3.8, 4) is 11.8 Å². The van der Waals surface area contributed by atoms with Gasteiger partial charge in [-0.25, -0.2) is 0 Å². The highest BCUT2D eigenvalue weighted by atomic mass is 35.5. The van der Waals surface area contributed by atoms with Crippen molar-refractivity contribution in [1.82, 2.24) is 25.3 Å². The lowest BCUT2D eigenvalue weighted by Crippen LogP contribution is -2.62. The number of rotatable bonds is 10. The van der Waals surface area contributed by atoms with Gasteiger partial charge in [-0.3, -0.25) is 25.1 Å². The van der Waals surface area contributed by atoms with Crippen LogP contribution in [0.2, 0.25) is 10.0 Å². The molecule has 1 unspecified atom stereocenters. The number of benzene rings is 3. The van der Waals surface area contributed by atoms with E-state index < -0.39 is 11.1 Å². The molecule has 0 radical (unpaired) electrons. The molecule has 2 aliphatic rings. The summed E-state index contributed by atoms with van der Waals surface area (Å²) >= 11 is 12.6. The Balaban J connectivity index is 1.59. The van der Waals surface area contributed by atoms with Crippen molar-refractivity contribution in [3.63, 3.8) is 0 Å². The molecule has 2 aliphatic heterocycles. The second kappa shape index (κ2) is 15.1. The van der Waals surface area contributed by atoms with Crippen molar-refractivity contribution < 1.29 is 14.3 Å². The SMILES string of the molecule is CCOc1cc(C(C)(C)C#N)ccc1C1(C(=O)N2CCN(CC(=O)N(C)C(C)C)CC2)N[C@H](c2ccc(Cl)cc2)[C@H](c2ccc(Cl)cc2)N1. The van der Waals surface area contributed by atoms with Crippen molar-refractivity contribution in [3.05, 3.63) is 99.0 Å². The first kappa shape index (κ1) is 36.6. The molecular formula is C38H46Cl2N6O3. The zero-order valence-corrected chi connectivity index (χ0v) is 30.6. The van der Waals surface area contributed by atoms with E-state index in [9.17, 15) is 10.1 Å². The Bertz CT molecular complexity index is 1630. The third-order valence-electron chi connectivity index (χ3n) is 9.73. The van der Waals surface area contributed by atoms with Gasteiger partial charge in [-0.1, -0.05) is 59.6 Å².